The molecule has 0 bridgehead atoms. The van der Waals surface area contributed by atoms with Crippen molar-refractivity contribution in [3.8, 4) is 17.1 Å². The third kappa shape index (κ3) is 4.97. The standard InChI is InChI=1S/C29H25ClN2O5S/c1-16(2)36-28(34)25-17(3)31-29-32(26(25)18-8-10-21(35-4)11-9-18)27(33)24(38-29)15-22-12-13-23(37-22)19-6-5-7-20(30)14-19/h5-16,26H,1-4H3/b24-15-/t26-/m0/s1. The molecule has 3 heterocycles. The largest absolute Gasteiger partial charge is 0.497 e. The SMILES string of the molecule is COc1ccc([C@H]2C(C(=O)OC(C)C)=C(C)N=c3s/c(=C\c4ccc(-c5cccc(Cl)c5)o4)c(=O)n32)cc1. The van der Waals surface area contributed by atoms with Crippen LogP contribution in [0.5, 0.6) is 5.75 Å². The number of carbonyl (C=O) groups is 1. The van der Waals surface area contributed by atoms with Gasteiger partial charge >= 0.3 is 5.97 Å². The van der Waals surface area contributed by atoms with Crippen LogP contribution in [-0.4, -0.2) is 23.8 Å². The minimum absolute atomic E-state index is 0.280. The monoisotopic (exact) mass is 548 g/mol. The predicted octanol–water partition coefficient (Wildman–Crippen LogP) is 5.11. The van der Waals surface area contributed by atoms with Crippen molar-refractivity contribution < 1.29 is 18.7 Å². The Morgan fingerprint density at radius 2 is 1.92 bits per heavy atom. The van der Waals surface area contributed by atoms with Crippen LogP contribution >= 0.6 is 22.9 Å². The number of ether oxygens (including phenoxy) is 2. The summed E-state index contributed by atoms with van der Waals surface area (Å²) in [4.78, 5) is 32.1. The van der Waals surface area contributed by atoms with Crippen LogP contribution in [0.25, 0.3) is 17.4 Å². The summed E-state index contributed by atoms with van der Waals surface area (Å²) >= 11 is 7.36. The number of hydrogen-bond donors (Lipinski definition) is 0. The van der Waals surface area contributed by atoms with E-state index in [0.717, 1.165) is 11.1 Å². The van der Waals surface area contributed by atoms with Crippen LogP contribution in [0.15, 0.2) is 86.1 Å². The molecule has 0 amide bonds. The number of thiazole rings is 1. The number of allylic oxidation sites excluding steroid dienone is 1. The molecule has 1 aliphatic heterocycles. The van der Waals surface area contributed by atoms with Crippen molar-refractivity contribution in [1.29, 1.82) is 0 Å². The highest BCUT2D eigenvalue weighted by Gasteiger charge is 2.33. The van der Waals surface area contributed by atoms with E-state index in [1.807, 2.05) is 36.4 Å². The number of carbonyl (C=O) groups excluding carboxylic acids is 1. The van der Waals surface area contributed by atoms with E-state index >= 15 is 0 Å². The average molecular weight is 549 g/mol. The van der Waals surface area contributed by atoms with Gasteiger partial charge in [-0.05, 0) is 62.7 Å². The molecule has 1 aliphatic rings. The van der Waals surface area contributed by atoms with Gasteiger partial charge in [-0.2, -0.15) is 0 Å². The van der Waals surface area contributed by atoms with E-state index in [-0.39, 0.29) is 11.7 Å². The number of hydrogen-bond acceptors (Lipinski definition) is 7. The van der Waals surface area contributed by atoms with Crippen molar-refractivity contribution in [2.75, 3.05) is 7.11 Å². The number of fused-ring (bicyclic) bond motifs is 1. The van der Waals surface area contributed by atoms with Gasteiger partial charge in [-0.15, -0.1) is 0 Å². The topological polar surface area (TPSA) is 83.0 Å². The third-order valence-electron chi connectivity index (χ3n) is 6.03. The van der Waals surface area contributed by atoms with Crippen LogP contribution in [0, 0.1) is 0 Å². The molecule has 2 aromatic carbocycles. The Balaban J connectivity index is 1.63. The van der Waals surface area contributed by atoms with Crippen molar-refractivity contribution in [1.82, 2.24) is 4.57 Å². The minimum atomic E-state index is -0.704. The first-order valence-corrected chi connectivity index (χ1v) is 13.2. The van der Waals surface area contributed by atoms with Gasteiger partial charge in [0.1, 0.15) is 17.3 Å². The molecule has 0 fully saturated rings. The molecular weight excluding hydrogens is 524 g/mol. The first kappa shape index (κ1) is 25.8. The van der Waals surface area contributed by atoms with Crippen molar-refractivity contribution in [3.05, 3.63) is 108 Å². The number of furan rings is 1. The first-order chi connectivity index (χ1) is 18.2. The number of halogens is 1. The lowest BCUT2D eigenvalue weighted by Crippen LogP contribution is -2.40. The van der Waals surface area contributed by atoms with Gasteiger partial charge in [0.25, 0.3) is 5.56 Å². The van der Waals surface area contributed by atoms with Crippen molar-refractivity contribution >= 4 is 35.0 Å². The molecule has 7 nitrogen and oxygen atoms in total. The molecule has 1 atom stereocenters. The molecule has 0 unspecified atom stereocenters. The lowest BCUT2D eigenvalue weighted by Gasteiger charge is -2.25. The number of nitrogens with zero attached hydrogens (tertiary/aromatic N) is 2. The average Bonchev–Trinajstić information content (AvgIpc) is 3.47. The van der Waals surface area contributed by atoms with Crippen molar-refractivity contribution in [3.63, 3.8) is 0 Å². The van der Waals surface area contributed by atoms with Gasteiger partial charge in [-0.3, -0.25) is 9.36 Å². The Hall–Kier alpha value is -3.88. The molecule has 5 rings (SSSR count). The van der Waals surface area contributed by atoms with E-state index in [4.69, 9.17) is 25.5 Å². The van der Waals surface area contributed by atoms with Crippen molar-refractivity contribution in [2.45, 2.75) is 32.9 Å². The summed E-state index contributed by atoms with van der Waals surface area (Å²) in [6.45, 7) is 5.33. The highest BCUT2D eigenvalue weighted by atomic mass is 35.5. The van der Waals surface area contributed by atoms with E-state index in [0.29, 0.717) is 42.9 Å². The fourth-order valence-corrected chi connectivity index (χ4v) is 5.54. The first-order valence-electron chi connectivity index (χ1n) is 12.0. The molecule has 9 heteroatoms. The van der Waals surface area contributed by atoms with E-state index in [1.165, 1.54) is 11.3 Å². The highest BCUT2D eigenvalue weighted by molar-refractivity contribution is 7.07. The second kappa shape index (κ2) is 10.5. The zero-order valence-corrected chi connectivity index (χ0v) is 22.8. The summed E-state index contributed by atoms with van der Waals surface area (Å²) in [6, 6.07) is 17.6. The Labute approximate surface area is 227 Å². The zero-order valence-electron chi connectivity index (χ0n) is 21.2. The van der Waals surface area contributed by atoms with Crippen LogP contribution < -0.4 is 19.6 Å². The Bertz CT molecular complexity index is 1730. The Morgan fingerprint density at radius 3 is 2.61 bits per heavy atom. The zero-order chi connectivity index (χ0) is 27.0. The third-order valence-corrected chi connectivity index (χ3v) is 7.24. The summed E-state index contributed by atoms with van der Waals surface area (Å²) in [5.74, 6) is 1.31. The molecule has 2 aromatic heterocycles. The molecule has 0 saturated carbocycles. The summed E-state index contributed by atoms with van der Waals surface area (Å²) in [5, 5.41) is 0.606. The van der Waals surface area contributed by atoms with E-state index < -0.39 is 12.0 Å². The summed E-state index contributed by atoms with van der Waals surface area (Å²) in [6.07, 6.45) is 1.37. The number of rotatable bonds is 6. The maximum absolute atomic E-state index is 13.8. The van der Waals surface area contributed by atoms with E-state index in [2.05, 4.69) is 4.99 Å². The second-order valence-electron chi connectivity index (χ2n) is 9.02. The van der Waals surface area contributed by atoms with Crippen LogP contribution in [0.2, 0.25) is 5.02 Å². The Morgan fingerprint density at radius 1 is 1.16 bits per heavy atom. The van der Waals surface area contributed by atoms with E-state index in [1.54, 1.807) is 62.8 Å². The number of benzene rings is 2. The lowest BCUT2D eigenvalue weighted by atomic mass is 9.96. The molecule has 0 saturated heterocycles. The van der Waals surface area contributed by atoms with Crippen LogP contribution in [0.1, 0.15) is 38.1 Å². The van der Waals surface area contributed by atoms with Gasteiger partial charge in [-0.1, -0.05) is 47.2 Å². The molecular formula is C29H25ClN2O5S. The van der Waals surface area contributed by atoms with Crippen LogP contribution in [0.4, 0.5) is 0 Å². The fraction of sp³-hybridized carbons (Fsp3) is 0.207. The molecule has 0 aliphatic carbocycles. The minimum Gasteiger partial charge on any atom is -0.497 e. The second-order valence-corrected chi connectivity index (χ2v) is 10.5. The molecule has 194 valence electrons. The fourth-order valence-electron chi connectivity index (χ4n) is 4.32. The maximum Gasteiger partial charge on any atom is 0.338 e. The predicted molar refractivity (Wildman–Crippen MR) is 147 cm³/mol. The van der Waals surface area contributed by atoms with Crippen LogP contribution in [0.3, 0.4) is 0 Å². The highest BCUT2D eigenvalue weighted by Crippen LogP contribution is 2.32. The molecule has 0 spiro atoms. The van der Waals surface area contributed by atoms with Gasteiger partial charge in [0, 0.05) is 16.7 Å². The number of methoxy groups -OCH3 is 1. The van der Waals surface area contributed by atoms with Crippen molar-refractivity contribution in [2.24, 2.45) is 4.99 Å². The molecule has 0 N–H and O–H groups in total. The van der Waals surface area contributed by atoms with Gasteiger partial charge in [0.2, 0.25) is 0 Å². The van der Waals surface area contributed by atoms with Gasteiger partial charge in [0.05, 0.1) is 35.1 Å². The van der Waals surface area contributed by atoms with Gasteiger partial charge in [-0.25, -0.2) is 9.79 Å². The maximum atomic E-state index is 13.8. The summed E-state index contributed by atoms with van der Waals surface area (Å²) in [7, 11) is 1.58. The normalized spacial score (nSPS) is 15.4. The van der Waals surface area contributed by atoms with Gasteiger partial charge < -0.3 is 13.9 Å². The summed E-state index contributed by atoms with van der Waals surface area (Å²) < 4.78 is 18.8. The van der Waals surface area contributed by atoms with E-state index in [9.17, 15) is 9.59 Å². The molecule has 0 radical (unpaired) electrons. The lowest BCUT2D eigenvalue weighted by molar-refractivity contribution is -0.143. The van der Waals surface area contributed by atoms with Gasteiger partial charge in [0.15, 0.2) is 4.80 Å². The molecule has 38 heavy (non-hydrogen) atoms. The number of aromatic nitrogens is 1. The van der Waals surface area contributed by atoms with Crippen LogP contribution in [-0.2, 0) is 9.53 Å². The summed E-state index contributed by atoms with van der Waals surface area (Å²) in [5.41, 5.74) is 2.12. The Kier molecular flexibility index (Phi) is 7.10. The number of esters is 1. The smallest absolute Gasteiger partial charge is 0.338 e. The quantitative estimate of drug-likeness (QED) is 0.313. The molecule has 4 aromatic rings.